The van der Waals surface area contributed by atoms with Crippen molar-refractivity contribution < 1.29 is 2.74 Å². The topological polar surface area (TPSA) is 3.24 Å². The number of anilines is 3. The van der Waals surface area contributed by atoms with Crippen molar-refractivity contribution in [3.8, 4) is 55.6 Å². The lowest BCUT2D eigenvalue weighted by atomic mass is 9.97. The van der Waals surface area contributed by atoms with Crippen LogP contribution in [0, 0.1) is 0 Å². The smallest absolute Gasteiger partial charge is 0.0623 e. The van der Waals surface area contributed by atoms with Crippen LogP contribution in [-0.4, -0.2) is 0 Å². The van der Waals surface area contributed by atoms with Gasteiger partial charge >= 0.3 is 0 Å². The molecule has 0 amide bonds. The monoisotopic (exact) mass is 629 g/mol. The fraction of sp³-hybridized carbons (Fsp3) is 0. The van der Waals surface area contributed by atoms with E-state index < -0.39 is 0 Å². The Hall–Kier alpha value is -6.44. The highest BCUT2D eigenvalue weighted by Gasteiger charge is 2.14. The van der Waals surface area contributed by atoms with Gasteiger partial charge in [0.15, 0.2) is 0 Å². The van der Waals surface area contributed by atoms with Gasteiger partial charge in [-0.3, -0.25) is 0 Å². The van der Waals surface area contributed by atoms with Gasteiger partial charge in [0, 0.05) is 17.1 Å². The van der Waals surface area contributed by atoms with E-state index in [0.717, 1.165) is 44.9 Å². The van der Waals surface area contributed by atoms with Crippen LogP contribution in [0.4, 0.5) is 17.1 Å². The van der Waals surface area contributed by atoms with Gasteiger partial charge < -0.3 is 4.90 Å². The molecule has 0 saturated heterocycles. The summed E-state index contributed by atoms with van der Waals surface area (Å²) in [6, 6.07) is 70.2. The lowest BCUT2D eigenvalue weighted by Crippen LogP contribution is -2.09. The zero-order valence-electron chi connectivity index (χ0n) is 29.0. The molecule has 8 aromatic carbocycles. The van der Waals surface area contributed by atoms with E-state index in [9.17, 15) is 0 Å². The zero-order chi connectivity index (χ0) is 34.6. The average Bonchev–Trinajstić information content (AvgIpc) is 3.19. The predicted molar refractivity (Wildman–Crippen MR) is 208 cm³/mol. The van der Waals surface area contributed by atoms with Crippen molar-refractivity contribution in [3.63, 3.8) is 0 Å². The van der Waals surface area contributed by atoms with Crippen molar-refractivity contribution in [2.75, 3.05) is 4.90 Å². The molecule has 0 fully saturated rings. The van der Waals surface area contributed by atoms with Crippen molar-refractivity contribution in [1.29, 1.82) is 0 Å². The number of hydrogen-bond acceptors (Lipinski definition) is 1. The maximum Gasteiger partial charge on any atom is 0.0623 e. The fourth-order valence-electron chi connectivity index (χ4n) is 6.37. The van der Waals surface area contributed by atoms with Gasteiger partial charge in [0.1, 0.15) is 0 Å². The van der Waals surface area contributed by atoms with Crippen molar-refractivity contribution in [1.82, 2.24) is 0 Å². The molecule has 0 aliphatic rings. The maximum atomic E-state index is 8.07. The molecule has 0 bridgehead atoms. The molecule has 0 spiro atoms. The van der Waals surface area contributed by atoms with Crippen molar-refractivity contribution in [2.24, 2.45) is 0 Å². The van der Waals surface area contributed by atoms with Crippen molar-refractivity contribution in [3.05, 3.63) is 212 Å². The van der Waals surface area contributed by atoms with Crippen LogP contribution >= 0.6 is 0 Å². The number of nitrogens with zero attached hydrogens (tertiary/aromatic N) is 1. The van der Waals surface area contributed by atoms with Gasteiger partial charge in [0.25, 0.3) is 0 Å². The molecule has 0 aromatic heterocycles. The molecule has 49 heavy (non-hydrogen) atoms. The van der Waals surface area contributed by atoms with Crippen LogP contribution in [0.3, 0.4) is 0 Å². The molecular formula is C48H35N. The minimum Gasteiger partial charge on any atom is -0.311 e. The van der Waals surface area contributed by atoms with Crippen LogP contribution in [0.5, 0.6) is 0 Å². The second-order valence-electron chi connectivity index (χ2n) is 12.1. The molecule has 232 valence electrons. The molecule has 0 aliphatic heterocycles. The Labute approximate surface area is 291 Å². The molecule has 0 N–H and O–H groups in total. The Bertz CT molecular complexity index is 2310. The van der Waals surface area contributed by atoms with Gasteiger partial charge in [-0.05, 0) is 98.1 Å². The number of rotatable bonds is 8. The molecule has 8 rings (SSSR count). The van der Waals surface area contributed by atoms with Crippen molar-refractivity contribution in [2.45, 2.75) is 0 Å². The van der Waals surface area contributed by atoms with Crippen molar-refractivity contribution >= 4 is 17.1 Å². The summed E-state index contributed by atoms with van der Waals surface area (Å²) >= 11 is 0. The molecule has 8 aromatic rings. The second kappa shape index (κ2) is 13.7. The first kappa shape index (κ1) is 27.7. The minimum absolute atomic E-state index is 0.501. The minimum atomic E-state index is 0.501. The van der Waals surface area contributed by atoms with E-state index in [4.69, 9.17) is 2.74 Å². The molecule has 0 atom stereocenters. The molecule has 0 aliphatic carbocycles. The van der Waals surface area contributed by atoms with E-state index in [1.54, 1.807) is 12.1 Å². The Morgan fingerprint density at radius 3 is 0.918 bits per heavy atom. The second-order valence-corrected chi connectivity index (χ2v) is 12.1. The fourth-order valence-corrected chi connectivity index (χ4v) is 6.37. The van der Waals surface area contributed by atoms with Crippen LogP contribution in [0.1, 0.15) is 2.74 Å². The first-order valence-electron chi connectivity index (χ1n) is 17.6. The molecule has 0 heterocycles. The predicted octanol–water partition coefficient (Wildman–Crippen LogP) is 13.5. The van der Waals surface area contributed by atoms with Crippen LogP contribution in [0.2, 0.25) is 0 Å². The third-order valence-corrected chi connectivity index (χ3v) is 8.98. The van der Waals surface area contributed by atoms with E-state index in [0.29, 0.717) is 12.1 Å². The van der Waals surface area contributed by atoms with Crippen LogP contribution in [0.15, 0.2) is 212 Å². The number of hydrogen-bond donors (Lipinski definition) is 0. The molecule has 0 unspecified atom stereocenters. The Balaban J connectivity index is 1.11. The lowest BCUT2D eigenvalue weighted by Gasteiger charge is -2.26. The third kappa shape index (κ3) is 6.56. The van der Waals surface area contributed by atoms with Gasteiger partial charge in [0.2, 0.25) is 0 Å². The maximum absolute atomic E-state index is 8.07. The highest BCUT2D eigenvalue weighted by atomic mass is 15.1. The quantitative estimate of drug-likeness (QED) is 0.162. The van der Waals surface area contributed by atoms with Gasteiger partial charge in [-0.15, -0.1) is 0 Å². The molecule has 1 nitrogen and oxygen atoms in total. The van der Waals surface area contributed by atoms with E-state index in [2.05, 4.69) is 150 Å². The van der Waals surface area contributed by atoms with E-state index in [1.165, 1.54) is 27.8 Å². The average molecular weight is 630 g/mol. The molecular weight excluding hydrogens is 591 g/mol. The number of benzene rings is 8. The summed E-state index contributed by atoms with van der Waals surface area (Å²) < 4.78 is 16.1. The normalized spacial score (nSPS) is 11.4. The van der Waals surface area contributed by atoms with E-state index in [1.807, 2.05) is 42.5 Å². The Morgan fingerprint density at radius 2 is 0.531 bits per heavy atom. The van der Waals surface area contributed by atoms with Crippen LogP contribution in [-0.2, 0) is 0 Å². The first-order valence-corrected chi connectivity index (χ1v) is 16.6. The van der Waals surface area contributed by atoms with Crippen LogP contribution in [0.25, 0.3) is 55.6 Å². The SMILES string of the molecule is [3H]c1cccc(-c2ccc(N(c3ccc(-c4cccc([3H])c4)cc3)c3ccc(-c4cccc(-c5ccc(-c6ccccc6)cc5)c4)cc3)cc2)c1. The van der Waals surface area contributed by atoms with E-state index >= 15 is 0 Å². The largest absolute Gasteiger partial charge is 0.311 e. The van der Waals surface area contributed by atoms with Gasteiger partial charge in [-0.25, -0.2) is 0 Å². The van der Waals surface area contributed by atoms with Gasteiger partial charge in [0.05, 0.1) is 2.74 Å². The zero-order valence-corrected chi connectivity index (χ0v) is 27.0. The summed E-state index contributed by atoms with van der Waals surface area (Å²) in [5.74, 6) is 0. The summed E-state index contributed by atoms with van der Waals surface area (Å²) in [4.78, 5) is 2.27. The summed E-state index contributed by atoms with van der Waals surface area (Å²) in [5, 5.41) is 0. The highest BCUT2D eigenvalue weighted by molar-refractivity contribution is 5.82. The summed E-state index contributed by atoms with van der Waals surface area (Å²) in [6.07, 6.45) is 0. The standard InChI is InChI=1S/C48H35N/c1-4-11-36(12-5-1)39-19-21-42(22-20-39)44-17-10-18-45(35-44)43-27-33-48(34-28-43)49(46-29-23-40(24-30-46)37-13-6-2-7-14-37)47-31-25-41(26-32-47)38-15-8-3-9-16-38/h1-35H/i6T,8T. The molecule has 0 radical (unpaired) electrons. The first-order chi connectivity index (χ1) is 25.1. The third-order valence-electron chi connectivity index (χ3n) is 8.98. The summed E-state index contributed by atoms with van der Waals surface area (Å²) in [7, 11) is 0. The van der Waals surface area contributed by atoms with Gasteiger partial charge in [-0.2, -0.15) is 0 Å². The lowest BCUT2D eigenvalue weighted by molar-refractivity contribution is 1.28. The Kier molecular flexibility index (Phi) is 7.75. The highest BCUT2D eigenvalue weighted by Crippen LogP contribution is 2.38. The molecule has 1 heteroatoms. The summed E-state index contributed by atoms with van der Waals surface area (Å²) in [5.41, 5.74) is 14.4. The van der Waals surface area contributed by atoms with E-state index in [-0.39, 0.29) is 0 Å². The Morgan fingerprint density at radius 1 is 0.245 bits per heavy atom. The van der Waals surface area contributed by atoms with Gasteiger partial charge in [-0.1, -0.05) is 170 Å². The summed E-state index contributed by atoms with van der Waals surface area (Å²) in [6.45, 7) is 0. The molecule has 0 saturated carbocycles. The van der Waals surface area contributed by atoms with Crippen LogP contribution < -0.4 is 4.90 Å².